The third kappa shape index (κ3) is 5.24. The zero-order valence-corrected chi connectivity index (χ0v) is 21.4. The van der Waals surface area contributed by atoms with E-state index in [2.05, 4.69) is 25.7 Å². The molecular weight excluding hydrogens is 500 g/mol. The minimum absolute atomic E-state index is 0.0739. The quantitative estimate of drug-likeness (QED) is 0.354. The number of nitrogens with zero attached hydrogens (tertiary/aromatic N) is 6. The molecule has 12 nitrogen and oxygen atoms in total. The van der Waals surface area contributed by atoms with Gasteiger partial charge in [-0.05, 0) is 6.07 Å². The monoisotopic (exact) mass is 528 g/mol. The molecule has 4 heterocycles. The molecule has 6 rings (SSSR count). The maximum atomic E-state index is 13.2. The third-order valence-corrected chi connectivity index (χ3v) is 6.49. The van der Waals surface area contributed by atoms with E-state index in [1.165, 1.54) is 0 Å². The number of ether oxygens (including phenoxy) is 2. The number of rotatable bonds is 8. The summed E-state index contributed by atoms with van der Waals surface area (Å²) >= 11 is 0. The van der Waals surface area contributed by atoms with E-state index >= 15 is 0 Å². The van der Waals surface area contributed by atoms with Gasteiger partial charge in [-0.15, -0.1) is 5.10 Å². The highest BCUT2D eigenvalue weighted by Crippen LogP contribution is 2.31. The van der Waals surface area contributed by atoms with Gasteiger partial charge in [0.05, 0.1) is 37.8 Å². The zero-order chi connectivity index (χ0) is 26.6. The third-order valence-electron chi connectivity index (χ3n) is 6.49. The van der Waals surface area contributed by atoms with Gasteiger partial charge in [0.2, 0.25) is 6.17 Å². The van der Waals surface area contributed by atoms with Crippen molar-refractivity contribution in [1.82, 2.24) is 20.0 Å². The van der Waals surface area contributed by atoms with Crippen LogP contribution in [0.1, 0.15) is 11.1 Å². The minimum atomic E-state index is -0.996. The molecule has 2 aliphatic rings. The summed E-state index contributed by atoms with van der Waals surface area (Å²) in [7, 11) is 1.65. The summed E-state index contributed by atoms with van der Waals surface area (Å²) in [6.45, 7) is 3.72. The number of methoxy groups -OCH3 is 1. The van der Waals surface area contributed by atoms with Crippen LogP contribution in [0, 0.1) is 0 Å². The van der Waals surface area contributed by atoms with Crippen molar-refractivity contribution < 1.29 is 18.7 Å². The molecule has 0 aliphatic carbocycles. The molecule has 1 saturated heterocycles. The average Bonchev–Trinajstić information content (AvgIpc) is 3.59. The number of nitrogens with one attached hydrogen (secondary N) is 2. The topological polar surface area (TPSA) is 132 Å². The van der Waals surface area contributed by atoms with Crippen LogP contribution in [0.3, 0.4) is 0 Å². The zero-order valence-electron chi connectivity index (χ0n) is 21.4. The molecule has 0 radical (unpaired) electrons. The molecule has 4 aromatic rings. The second-order valence-electron chi connectivity index (χ2n) is 9.06. The molecule has 1 atom stereocenters. The normalized spacial score (nSPS) is 17.3. The number of hydrogen-bond donors (Lipinski definition) is 2. The van der Waals surface area contributed by atoms with Crippen LogP contribution >= 0.6 is 0 Å². The van der Waals surface area contributed by atoms with E-state index in [0.717, 1.165) is 16.9 Å². The molecule has 2 N–H and O–H groups in total. The average molecular weight is 529 g/mol. The van der Waals surface area contributed by atoms with Crippen molar-refractivity contribution in [3.63, 3.8) is 0 Å². The van der Waals surface area contributed by atoms with Gasteiger partial charge < -0.3 is 29.4 Å². The summed E-state index contributed by atoms with van der Waals surface area (Å²) in [4.78, 5) is 20.1. The number of carbonyl (C=O) groups excluding carboxylic acids is 1. The van der Waals surface area contributed by atoms with Gasteiger partial charge in [0.25, 0.3) is 11.8 Å². The van der Waals surface area contributed by atoms with Gasteiger partial charge in [0.15, 0.2) is 5.82 Å². The number of carbonyl (C=O) groups is 1. The molecule has 200 valence electrons. The highest BCUT2D eigenvalue weighted by molar-refractivity contribution is 6.19. The number of benzene rings is 2. The van der Waals surface area contributed by atoms with Crippen LogP contribution in [-0.4, -0.2) is 77.8 Å². The van der Waals surface area contributed by atoms with Crippen molar-refractivity contribution in [3.8, 4) is 11.5 Å². The van der Waals surface area contributed by atoms with Crippen LogP contribution < -0.4 is 15.5 Å². The maximum absolute atomic E-state index is 13.2. The van der Waals surface area contributed by atoms with Gasteiger partial charge in [0.1, 0.15) is 5.56 Å². The summed E-state index contributed by atoms with van der Waals surface area (Å²) in [6, 6.07) is 17.4. The van der Waals surface area contributed by atoms with Gasteiger partial charge in [-0.3, -0.25) is 9.48 Å². The molecule has 12 heteroatoms. The first-order valence-electron chi connectivity index (χ1n) is 12.7. The Balaban J connectivity index is 1.31. The van der Waals surface area contributed by atoms with E-state index in [1.54, 1.807) is 11.8 Å². The fourth-order valence-electron chi connectivity index (χ4n) is 4.56. The van der Waals surface area contributed by atoms with E-state index in [9.17, 15) is 4.79 Å². The van der Waals surface area contributed by atoms with Crippen LogP contribution in [0.2, 0.25) is 0 Å². The summed E-state index contributed by atoms with van der Waals surface area (Å²) < 4.78 is 18.5. The fourth-order valence-corrected chi connectivity index (χ4v) is 4.56. The van der Waals surface area contributed by atoms with E-state index in [1.807, 2.05) is 60.8 Å². The Morgan fingerprint density at radius 2 is 1.85 bits per heavy atom. The molecule has 0 spiro atoms. The van der Waals surface area contributed by atoms with Crippen LogP contribution in [0.4, 0.5) is 17.5 Å². The summed E-state index contributed by atoms with van der Waals surface area (Å²) in [5.74, 6) is 0.679. The SMILES string of the molecule is COCCn1cc(-c2nnc(N[C@H]3N=C(c4ccccc4)c4ccccc4NC3=O)o2)c(N2CCOCC2)n1. The van der Waals surface area contributed by atoms with Gasteiger partial charge in [-0.2, -0.15) is 5.10 Å². The van der Waals surface area contributed by atoms with E-state index < -0.39 is 6.17 Å². The number of amides is 1. The summed E-state index contributed by atoms with van der Waals surface area (Å²) in [5, 5.41) is 19.1. The smallest absolute Gasteiger partial charge is 0.317 e. The first-order chi connectivity index (χ1) is 19.2. The maximum Gasteiger partial charge on any atom is 0.317 e. The molecule has 1 amide bonds. The van der Waals surface area contributed by atoms with Crippen LogP contribution in [0.5, 0.6) is 0 Å². The largest absolute Gasteiger partial charge is 0.403 e. The standard InChI is InChI=1S/C27H28N8O4/c1-37-14-13-35-17-20(24(33-35)34-11-15-38-16-12-34)26-31-32-27(39-26)30-23-25(36)28-21-10-6-5-9-19(21)22(29-23)18-7-3-2-4-8-18/h2-10,17,23H,11-16H2,1H3,(H,28,36)(H,30,32)/t23-/m1/s1. The fraction of sp³-hybridized carbons (Fsp3) is 0.296. The molecule has 1 fully saturated rings. The lowest BCUT2D eigenvalue weighted by atomic mass is 10.0. The predicted octanol–water partition coefficient (Wildman–Crippen LogP) is 2.64. The molecule has 39 heavy (non-hydrogen) atoms. The molecule has 0 bridgehead atoms. The lowest BCUT2D eigenvalue weighted by Gasteiger charge is -2.27. The molecule has 2 aliphatic heterocycles. The van der Waals surface area contributed by atoms with Gasteiger partial charge in [0, 0.05) is 37.5 Å². The van der Waals surface area contributed by atoms with E-state index in [-0.39, 0.29) is 17.8 Å². The number of morpholine rings is 1. The second-order valence-corrected chi connectivity index (χ2v) is 9.06. The van der Waals surface area contributed by atoms with Gasteiger partial charge >= 0.3 is 6.01 Å². The Kier molecular flexibility index (Phi) is 7.02. The Labute approximate surface area is 224 Å². The Morgan fingerprint density at radius 3 is 2.67 bits per heavy atom. The highest BCUT2D eigenvalue weighted by Gasteiger charge is 2.28. The number of para-hydroxylation sites is 1. The number of fused-ring (bicyclic) bond motifs is 1. The summed E-state index contributed by atoms with van der Waals surface area (Å²) in [5.41, 5.74) is 3.76. The van der Waals surface area contributed by atoms with Crippen LogP contribution in [0.25, 0.3) is 11.5 Å². The number of benzodiazepines with no additional fused rings is 1. The van der Waals surface area contributed by atoms with Gasteiger partial charge in [-0.1, -0.05) is 53.6 Å². The highest BCUT2D eigenvalue weighted by atomic mass is 16.5. The molecule has 0 unspecified atom stereocenters. The van der Waals surface area contributed by atoms with Crippen LogP contribution in [0.15, 0.2) is 70.2 Å². The van der Waals surface area contributed by atoms with Crippen molar-refractivity contribution in [2.75, 3.05) is 55.6 Å². The Morgan fingerprint density at radius 1 is 1.05 bits per heavy atom. The number of aromatic nitrogens is 4. The van der Waals surface area contributed by atoms with Crippen molar-refractivity contribution >= 4 is 29.1 Å². The number of anilines is 3. The first-order valence-corrected chi connectivity index (χ1v) is 12.7. The van der Waals surface area contributed by atoms with Gasteiger partial charge in [-0.25, -0.2) is 4.99 Å². The first kappa shape index (κ1) is 24.8. The van der Waals surface area contributed by atoms with Crippen molar-refractivity contribution in [3.05, 3.63) is 71.9 Å². The summed E-state index contributed by atoms with van der Waals surface area (Å²) in [6.07, 6.45) is 0.867. The molecule has 2 aromatic heterocycles. The Hall–Kier alpha value is -4.55. The van der Waals surface area contributed by atoms with Crippen molar-refractivity contribution in [2.45, 2.75) is 12.7 Å². The predicted molar refractivity (Wildman–Crippen MR) is 145 cm³/mol. The minimum Gasteiger partial charge on any atom is -0.403 e. The lowest BCUT2D eigenvalue weighted by molar-refractivity contribution is -0.116. The number of aliphatic imine (C=N–C) groups is 1. The Bertz CT molecular complexity index is 1480. The van der Waals surface area contributed by atoms with Crippen molar-refractivity contribution in [1.29, 1.82) is 0 Å². The van der Waals surface area contributed by atoms with Crippen molar-refractivity contribution in [2.24, 2.45) is 4.99 Å². The lowest BCUT2D eigenvalue weighted by Crippen LogP contribution is -2.36. The second kappa shape index (κ2) is 11.1. The molecule has 0 saturated carbocycles. The number of hydrogen-bond acceptors (Lipinski definition) is 10. The molecular formula is C27H28N8O4. The molecule has 2 aromatic carbocycles. The van der Waals surface area contributed by atoms with E-state index in [4.69, 9.17) is 24.0 Å². The van der Waals surface area contributed by atoms with Crippen LogP contribution in [-0.2, 0) is 20.8 Å². The van der Waals surface area contributed by atoms with E-state index in [0.29, 0.717) is 56.4 Å².